The second-order valence-electron chi connectivity index (χ2n) is 11.1. The van der Waals surface area contributed by atoms with Crippen LogP contribution in [0.3, 0.4) is 0 Å². The standard InChI is InChI=1S/C36H35F3O9S/c1-3-10-26-28(15-14-24(21(2)40)34(26)43)46-16-9-7-5-4-6-8-11-31(33(42)22-17-32(47-20-22)36(37,38)39)49-23-12-13-25-27(41)19-30(35(44)45)48-29(25)18-23/h4,6,8,11-15,17-20,31,33,42-43H,3,5,7,9-10,16H2,1-2H3,(H,44,45)/b6-4-,11-8+/t31-,33+/m0/s1. The zero-order valence-electron chi connectivity index (χ0n) is 26.7. The molecular formula is C36H35F3O9S. The number of ether oxygens (including phenoxy) is 1. The summed E-state index contributed by atoms with van der Waals surface area (Å²) in [7, 11) is 0. The normalized spacial score (nSPS) is 13.3. The average Bonchev–Trinajstić information content (AvgIpc) is 3.56. The van der Waals surface area contributed by atoms with Gasteiger partial charge in [-0.1, -0.05) is 37.6 Å². The van der Waals surface area contributed by atoms with Crippen LogP contribution < -0.4 is 10.2 Å². The van der Waals surface area contributed by atoms with E-state index in [0.717, 1.165) is 43.0 Å². The first-order valence-corrected chi connectivity index (χ1v) is 16.3. The summed E-state index contributed by atoms with van der Waals surface area (Å²) in [5, 5.41) is 30.2. The average molecular weight is 701 g/mol. The van der Waals surface area contributed by atoms with Crippen LogP contribution in [-0.2, 0) is 12.6 Å². The maximum absolute atomic E-state index is 13.2. The Morgan fingerprint density at radius 1 is 1.08 bits per heavy atom. The maximum Gasteiger partial charge on any atom is 0.449 e. The van der Waals surface area contributed by atoms with Gasteiger partial charge in [0.25, 0.3) is 0 Å². The van der Waals surface area contributed by atoms with Crippen molar-refractivity contribution in [1.82, 2.24) is 0 Å². The number of hydrogen-bond donors (Lipinski definition) is 3. The highest BCUT2D eigenvalue weighted by molar-refractivity contribution is 8.00. The minimum Gasteiger partial charge on any atom is -0.507 e. The van der Waals surface area contributed by atoms with Crippen molar-refractivity contribution in [1.29, 1.82) is 0 Å². The van der Waals surface area contributed by atoms with E-state index in [2.05, 4.69) is 4.42 Å². The predicted molar refractivity (Wildman–Crippen MR) is 177 cm³/mol. The Morgan fingerprint density at radius 3 is 2.53 bits per heavy atom. The number of aromatic carboxylic acids is 1. The van der Waals surface area contributed by atoms with Gasteiger partial charge in [-0.25, -0.2) is 4.79 Å². The fourth-order valence-corrected chi connectivity index (χ4v) is 6.04. The number of unbranched alkanes of at least 4 members (excludes halogenated alkanes) is 2. The number of Topliss-reactive ketones (excluding diaryl/α,β-unsaturated/α-hetero) is 1. The van der Waals surface area contributed by atoms with Gasteiger partial charge in [0.1, 0.15) is 17.1 Å². The maximum atomic E-state index is 13.2. The predicted octanol–water partition coefficient (Wildman–Crippen LogP) is 8.52. The molecule has 0 fully saturated rings. The van der Waals surface area contributed by atoms with Crippen molar-refractivity contribution in [2.24, 2.45) is 0 Å². The fraction of sp³-hybridized carbons (Fsp3) is 0.306. The van der Waals surface area contributed by atoms with Gasteiger partial charge in [-0.05, 0) is 69.0 Å². The molecular weight excluding hydrogens is 665 g/mol. The van der Waals surface area contributed by atoms with Crippen molar-refractivity contribution in [3.8, 4) is 11.5 Å². The number of carbonyl (C=O) groups excluding carboxylic acids is 1. The molecule has 9 nitrogen and oxygen atoms in total. The number of hydrogen-bond acceptors (Lipinski definition) is 9. The molecule has 3 N–H and O–H groups in total. The van der Waals surface area contributed by atoms with Crippen LogP contribution in [0.1, 0.15) is 83.4 Å². The van der Waals surface area contributed by atoms with Crippen LogP contribution in [0.5, 0.6) is 11.5 Å². The van der Waals surface area contributed by atoms with E-state index in [4.69, 9.17) is 9.15 Å². The molecule has 0 aliphatic heterocycles. The van der Waals surface area contributed by atoms with E-state index < -0.39 is 40.4 Å². The van der Waals surface area contributed by atoms with Gasteiger partial charge >= 0.3 is 12.1 Å². The number of rotatable bonds is 16. The number of alkyl halides is 3. The van der Waals surface area contributed by atoms with Crippen LogP contribution in [0.4, 0.5) is 13.2 Å². The van der Waals surface area contributed by atoms with Crippen molar-refractivity contribution in [3.05, 3.63) is 111 Å². The van der Waals surface area contributed by atoms with Gasteiger partial charge in [0.2, 0.25) is 11.5 Å². The smallest absolute Gasteiger partial charge is 0.449 e. The molecule has 0 aliphatic carbocycles. The van der Waals surface area contributed by atoms with E-state index in [1.54, 1.807) is 36.4 Å². The number of phenolic OH excluding ortho intramolecular Hbond substituents is 1. The lowest BCUT2D eigenvalue weighted by Crippen LogP contribution is -2.12. The number of halogens is 3. The van der Waals surface area contributed by atoms with E-state index in [0.29, 0.717) is 42.1 Å². The molecule has 13 heteroatoms. The van der Waals surface area contributed by atoms with Crippen LogP contribution in [-0.4, -0.2) is 38.9 Å². The zero-order chi connectivity index (χ0) is 35.7. The molecule has 0 spiro atoms. The van der Waals surface area contributed by atoms with Crippen molar-refractivity contribution in [2.75, 3.05) is 6.61 Å². The number of carboxylic acids is 1. The van der Waals surface area contributed by atoms with Gasteiger partial charge in [0, 0.05) is 22.1 Å². The molecule has 2 atom stereocenters. The molecule has 0 saturated carbocycles. The number of thioether (sulfide) groups is 1. The summed E-state index contributed by atoms with van der Waals surface area (Å²) in [6.45, 7) is 3.76. The number of aliphatic hydroxyl groups excluding tert-OH is 1. The summed E-state index contributed by atoms with van der Waals surface area (Å²) in [5.41, 5.74) is 0.233. The minimum absolute atomic E-state index is 0.00475. The third-order valence-corrected chi connectivity index (χ3v) is 8.64. The first kappa shape index (κ1) is 37.1. The number of aliphatic hydroxyl groups is 1. The highest BCUT2D eigenvalue weighted by Gasteiger charge is 2.36. The van der Waals surface area contributed by atoms with Crippen LogP contribution in [0, 0.1) is 0 Å². The second-order valence-corrected chi connectivity index (χ2v) is 12.4. The van der Waals surface area contributed by atoms with Crippen LogP contribution in [0.2, 0.25) is 0 Å². The van der Waals surface area contributed by atoms with Gasteiger partial charge in [0.15, 0.2) is 11.2 Å². The number of carboxylic acid groups (broad SMARTS) is 1. The molecule has 260 valence electrons. The molecule has 0 unspecified atom stereocenters. The lowest BCUT2D eigenvalue weighted by atomic mass is 10.0. The SMILES string of the molecule is CCCc1c(OCCCC/C=C\C=C\[C@H](Sc2ccc3c(=O)cc(C(=O)O)oc3c2)[C@H](O)c2coc(C(F)(F)F)c2)ccc(C(C)=O)c1O. The molecule has 2 aromatic carbocycles. The van der Waals surface area contributed by atoms with Gasteiger partial charge < -0.3 is 28.9 Å². The van der Waals surface area contributed by atoms with E-state index in [1.165, 1.54) is 19.1 Å². The first-order chi connectivity index (χ1) is 23.3. The van der Waals surface area contributed by atoms with Crippen molar-refractivity contribution < 1.29 is 51.7 Å². The number of phenols is 1. The monoisotopic (exact) mass is 700 g/mol. The molecule has 4 rings (SSSR count). The van der Waals surface area contributed by atoms with Crippen molar-refractivity contribution in [3.63, 3.8) is 0 Å². The number of ketones is 1. The highest BCUT2D eigenvalue weighted by atomic mass is 32.2. The minimum atomic E-state index is -4.73. The Labute approximate surface area is 283 Å². The second kappa shape index (κ2) is 16.6. The molecule has 0 bridgehead atoms. The Kier molecular flexibility index (Phi) is 12.5. The number of benzene rings is 2. The lowest BCUT2D eigenvalue weighted by Gasteiger charge is -2.18. The molecule has 0 saturated heterocycles. The molecule has 0 aliphatic rings. The Hall–Kier alpha value is -4.75. The van der Waals surface area contributed by atoms with E-state index >= 15 is 0 Å². The molecule has 49 heavy (non-hydrogen) atoms. The first-order valence-electron chi connectivity index (χ1n) is 15.4. The highest BCUT2D eigenvalue weighted by Crippen LogP contribution is 2.38. The lowest BCUT2D eigenvalue weighted by molar-refractivity contribution is -0.153. The van der Waals surface area contributed by atoms with Gasteiger partial charge in [-0.15, -0.1) is 11.8 Å². The van der Waals surface area contributed by atoms with Crippen LogP contribution in [0.25, 0.3) is 11.0 Å². The summed E-state index contributed by atoms with van der Waals surface area (Å²) < 4.78 is 55.4. The third-order valence-electron chi connectivity index (χ3n) is 7.43. The molecule has 2 aromatic heterocycles. The van der Waals surface area contributed by atoms with E-state index in [9.17, 15) is 42.9 Å². The van der Waals surface area contributed by atoms with E-state index in [-0.39, 0.29) is 33.6 Å². The van der Waals surface area contributed by atoms with Gasteiger partial charge in [-0.3, -0.25) is 9.59 Å². The quantitative estimate of drug-likeness (QED) is 0.0450. The number of aromatic hydroxyl groups is 1. The number of furan rings is 1. The summed E-state index contributed by atoms with van der Waals surface area (Å²) in [4.78, 5) is 35.9. The third kappa shape index (κ3) is 9.67. The Morgan fingerprint density at radius 2 is 1.86 bits per heavy atom. The van der Waals surface area contributed by atoms with Crippen molar-refractivity contribution >= 4 is 34.5 Å². The number of allylic oxidation sites excluding steroid dienone is 3. The zero-order valence-corrected chi connectivity index (χ0v) is 27.5. The van der Waals surface area contributed by atoms with Gasteiger partial charge in [-0.2, -0.15) is 13.2 Å². The van der Waals surface area contributed by atoms with Crippen LogP contribution in [0.15, 0.2) is 91.6 Å². The molecule has 4 aromatic rings. The Bertz CT molecular complexity index is 1910. The molecule has 0 radical (unpaired) electrons. The van der Waals surface area contributed by atoms with Gasteiger partial charge in [0.05, 0.1) is 35.2 Å². The molecule has 2 heterocycles. The van der Waals surface area contributed by atoms with Crippen LogP contribution >= 0.6 is 11.8 Å². The van der Waals surface area contributed by atoms with E-state index in [1.807, 2.05) is 13.0 Å². The fourth-order valence-electron chi connectivity index (χ4n) is 4.95. The summed E-state index contributed by atoms with van der Waals surface area (Å²) in [6, 6.07) is 9.29. The van der Waals surface area contributed by atoms with Crippen molar-refractivity contribution in [2.45, 2.75) is 68.4 Å². The topological polar surface area (TPSA) is 147 Å². The largest absolute Gasteiger partial charge is 0.507 e. The summed E-state index contributed by atoms with van der Waals surface area (Å²) >= 11 is 1.07. The number of carbonyl (C=O) groups is 2. The summed E-state index contributed by atoms with van der Waals surface area (Å²) in [6.07, 6.45) is 5.06. The molecule has 0 amide bonds. The summed E-state index contributed by atoms with van der Waals surface area (Å²) in [5.74, 6) is -2.95. The Balaban J connectivity index is 1.42. The number of fused-ring (bicyclic) bond motifs is 1.